The largest absolute Gasteiger partial charge is 0.497 e. The number of carbonyl (C=O) groups excluding carboxylic acids is 1. The number of carbonyl (C=O) groups is 1. The van der Waals surface area contributed by atoms with E-state index in [1.807, 2.05) is 50.2 Å². The zero-order valence-electron chi connectivity index (χ0n) is 16.9. The van der Waals surface area contributed by atoms with E-state index in [-0.39, 0.29) is 12.3 Å². The highest BCUT2D eigenvalue weighted by Crippen LogP contribution is 2.24. The Hall–Kier alpha value is -3.28. The molecule has 1 N–H and O–H groups in total. The van der Waals surface area contributed by atoms with Gasteiger partial charge in [-0.15, -0.1) is 0 Å². The molecule has 0 aliphatic carbocycles. The monoisotopic (exact) mass is 395 g/mol. The zero-order valence-corrected chi connectivity index (χ0v) is 16.9. The minimum Gasteiger partial charge on any atom is -0.497 e. The van der Waals surface area contributed by atoms with E-state index in [0.717, 1.165) is 16.7 Å². The van der Waals surface area contributed by atoms with Crippen molar-refractivity contribution < 1.29 is 18.7 Å². The van der Waals surface area contributed by atoms with E-state index in [1.54, 1.807) is 13.2 Å². The van der Waals surface area contributed by atoms with Crippen molar-refractivity contribution in [3.8, 4) is 11.5 Å². The summed E-state index contributed by atoms with van der Waals surface area (Å²) >= 11 is 0. The summed E-state index contributed by atoms with van der Waals surface area (Å²) in [4.78, 5) is 24.5. The molecule has 0 aliphatic heterocycles. The van der Waals surface area contributed by atoms with E-state index >= 15 is 0 Å². The van der Waals surface area contributed by atoms with Crippen LogP contribution in [0.25, 0.3) is 11.0 Å². The SMILES string of the molecule is COc1ccc2c(C)c(CCC(=O)NCCOc3ccc(C)cc3)c(=O)oc2c1. The average molecular weight is 395 g/mol. The Bertz CT molecular complexity index is 1050. The highest BCUT2D eigenvalue weighted by atomic mass is 16.5. The molecule has 2 aromatic carbocycles. The molecule has 3 aromatic rings. The molecule has 29 heavy (non-hydrogen) atoms. The molecule has 0 unspecified atom stereocenters. The number of hydrogen-bond acceptors (Lipinski definition) is 5. The molecule has 0 spiro atoms. The predicted molar refractivity (Wildman–Crippen MR) is 112 cm³/mol. The van der Waals surface area contributed by atoms with Crippen molar-refractivity contribution in [1.82, 2.24) is 5.32 Å². The molecule has 0 fully saturated rings. The Labute approximate surface area is 169 Å². The standard InChI is InChI=1S/C23H25NO5/c1-15-4-6-17(7-5-15)28-13-12-24-22(25)11-10-20-16(2)19-9-8-18(27-3)14-21(19)29-23(20)26/h4-9,14H,10-13H2,1-3H3,(H,24,25). The maximum Gasteiger partial charge on any atom is 0.339 e. The first kappa shape index (κ1) is 20.5. The van der Waals surface area contributed by atoms with Crippen LogP contribution >= 0.6 is 0 Å². The molecule has 0 saturated heterocycles. The molecule has 152 valence electrons. The number of hydrogen-bond donors (Lipinski definition) is 1. The van der Waals surface area contributed by atoms with E-state index in [9.17, 15) is 9.59 Å². The van der Waals surface area contributed by atoms with Crippen LogP contribution in [0.4, 0.5) is 0 Å². The lowest BCUT2D eigenvalue weighted by Gasteiger charge is -2.10. The Kier molecular flexibility index (Phi) is 6.54. The van der Waals surface area contributed by atoms with Gasteiger partial charge in [0, 0.05) is 23.4 Å². The maximum atomic E-state index is 12.3. The van der Waals surface area contributed by atoms with Crippen LogP contribution in [0.1, 0.15) is 23.1 Å². The van der Waals surface area contributed by atoms with Crippen molar-refractivity contribution in [2.24, 2.45) is 0 Å². The van der Waals surface area contributed by atoms with Crippen molar-refractivity contribution in [2.45, 2.75) is 26.7 Å². The number of amides is 1. The van der Waals surface area contributed by atoms with Crippen molar-refractivity contribution in [3.63, 3.8) is 0 Å². The van der Waals surface area contributed by atoms with E-state index in [1.165, 1.54) is 5.56 Å². The maximum absolute atomic E-state index is 12.3. The molecular weight excluding hydrogens is 370 g/mol. The summed E-state index contributed by atoms with van der Waals surface area (Å²) < 4.78 is 16.2. The molecule has 0 saturated carbocycles. The van der Waals surface area contributed by atoms with Gasteiger partial charge in [-0.3, -0.25) is 4.79 Å². The van der Waals surface area contributed by atoms with Gasteiger partial charge in [-0.2, -0.15) is 0 Å². The number of methoxy groups -OCH3 is 1. The quantitative estimate of drug-likeness (QED) is 0.466. The van der Waals surface area contributed by atoms with Gasteiger partial charge in [0.2, 0.25) is 5.91 Å². The van der Waals surface area contributed by atoms with Crippen molar-refractivity contribution in [3.05, 3.63) is 69.6 Å². The van der Waals surface area contributed by atoms with Crippen LogP contribution in [0, 0.1) is 13.8 Å². The average Bonchev–Trinajstić information content (AvgIpc) is 2.71. The van der Waals surface area contributed by atoms with Gasteiger partial charge in [-0.25, -0.2) is 4.79 Å². The van der Waals surface area contributed by atoms with Crippen LogP contribution in [-0.4, -0.2) is 26.2 Å². The Balaban J connectivity index is 1.53. The third-order valence-corrected chi connectivity index (χ3v) is 4.81. The first-order valence-corrected chi connectivity index (χ1v) is 9.54. The van der Waals surface area contributed by atoms with E-state index in [0.29, 0.717) is 36.5 Å². The van der Waals surface area contributed by atoms with Crippen LogP contribution in [0.5, 0.6) is 11.5 Å². The number of nitrogens with one attached hydrogen (secondary N) is 1. The van der Waals surface area contributed by atoms with Crippen LogP contribution in [0.3, 0.4) is 0 Å². The number of benzene rings is 2. The van der Waals surface area contributed by atoms with Crippen molar-refractivity contribution in [1.29, 1.82) is 0 Å². The second-order valence-corrected chi connectivity index (χ2v) is 6.87. The van der Waals surface area contributed by atoms with Gasteiger partial charge < -0.3 is 19.2 Å². The normalized spacial score (nSPS) is 10.7. The van der Waals surface area contributed by atoms with Crippen LogP contribution < -0.4 is 20.4 Å². The molecule has 6 heteroatoms. The minimum absolute atomic E-state index is 0.133. The Morgan fingerprint density at radius 3 is 2.52 bits per heavy atom. The molecule has 0 bridgehead atoms. The van der Waals surface area contributed by atoms with Crippen LogP contribution in [0.2, 0.25) is 0 Å². The van der Waals surface area contributed by atoms with Crippen molar-refractivity contribution in [2.75, 3.05) is 20.3 Å². The molecule has 3 rings (SSSR count). The van der Waals surface area contributed by atoms with Gasteiger partial charge in [0.05, 0.1) is 13.7 Å². The number of ether oxygens (including phenoxy) is 2. The smallest absolute Gasteiger partial charge is 0.339 e. The number of fused-ring (bicyclic) bond motifs is 1. The van der Waals surface area contributed by atoms with Crippen LogP contribution in [0.15, 0.2) is 51.7 Å². The topological polar surface area (TPSA) is 77.8 Å². The first-order chi connectivity index (χ1) is 14.0. The lowest BCUT2D eigenvalue weighted by molar-refractivity contribution is -0.121. The first-order valence-electron chi connectivity index (χ1n) is 9.54. The molecular formula is C23H25NO5. The number of rotatable bonds is 8. The van der Waals surface area contributed by atoms with Crippen LogP contribution in [-0.2, 0) is 11.2 Å². The Morgan fingerprint density at radius 2 is 1.79 bits per heavy atom. The predicted octanol–water partition coefficient (Wildman–Crippen LogP) is 3.55. The summed E-state index contributed by atoms with van der Waals surface area (Å²) in [5.41, 5.74) is 2.58. The summed E-state index contributed by atoms with van der Waals surface area (Å²) in [6.07, 6.45) is 0.526. The van der Waals surface area contributed by atoms with Gasteiger partial charge in [0.25, 0.3) is 0 Å². The molecule has 1 amide bonds. The highest BCUT2D eigenvalue weighted by molar-refractivity contribution is 5.82. The van der Waals surface area contributed by atoms with Gasteiger partial charge in [0.15, 0.2) is 0 Å². The van der Waals surface area contributed by atoms with Gasteiger partial charge in [0.1, 0.15) is 23.7 Å². The summed E-state index contributed by atoms with van der Waals surface area (Å²) in [6.45, 7) is 4.67. The molecule has 0 radical (unpaired) electrons. The third kappa shape index (κ3) is 5.16. The molecule has 6 nitrogen and oxygen atoms in total. The summed E-state index contributed by atoms with van der Waals surface area (Å²) in [5, 5.41) is 3.65. The fraction of sp³-hybridized carbons (Fsp3) is 0.304. The van der Waals surface area contributed by atoms with E-state index < -0.39 is 5.63 Å². The van der Waals surface area contributed by atoms with Gasteiger partial charge in [-0.05, 0) is 50.1 Å². The molecule has 1 heterocycles. The number of aryl methyl sites for hydroxylation is 2. The Morgan fingerprint density at radius 1 is 1.07 bits per heavy atom. The molecule has 1 aromatic heterocycles. The second kappa shape index (κ2) is 9.28. The zero-order chi connectivity index (χ0) is 20.8. The minimum atomic E-state index is -0.418. The van der Waals surface area contributed by atoms with Crippen molar-refractivity contribution >= 4 is 16.9 Å². The molecule has 0 aliphatic rings. The lowest BCUT2D eigenvalue weighted by atomic mass is 10.0. The van der Waals surface area contributed by atoms with Gasteiger partial charge >= 0.3 is 5.63 Å². The highest BCUT2D eigenvalue weighted by Gasteiger charge is 2.13. The lowest BCUT2D eigenvalue weighted by Crippen LogP contribution is -2.28. The third-order valence-electron chi connectivity index (χ3n) is 4.81. The van der Waals surface area contributed by atoms with E-state index in [4.69, 9.17) is 13.9 Å². The summed E-state index contributed by atoms with van der Waals surface area (Å²) in [5.74, 6) is 1.26. The fourth-order valence-electron chi connectivity index (χ4n) is 3.11. The fourth-order valence-corrected chi connectivity index (χ4v) is 3.11. The van der Waals surface area contributed by atoms with E-state index in [2.05, 4.69) is 5.32 Å². The summed E-state index contributed by atoms with van der Waals surface area (Å²) in [6, 6.07) is 13.1. The second-order valence-electron chi connectivity index (χ2n) is 6.87. The summed E-state index contributed by atoms with van der Waals surface area (Å²) in [7, 11) is 1.56. The van der Waals surface area contributed by atoms with Gasteiger partial charge in [-0.1, -0.05) is 17.7 Å². The molecule has 0 atom stereocenters.